The Labute approximate surface area is 220 Å². The SMILES string of the molecule is C=C(NC(=O)C(=C)n1cnc2c(-c3ccc4nn(C(C)C)cc4c3)cccc2c1=O)C(=O)N(C)CC1CC1. The molecule has 194 valence electrons. The highest BCUT2D eigenvalue weighted by molar-refractivity contribution is 6.15. The Balaban J connectivity index is 1.41. The average Bonchev–Trinajstić information content (AvgIpc) is 3.61. The molecule has 2 heterocycles. The predicted octanol–water partition coefficient (Wildman–Crippen LogP) is 3.96. The standard InChI is InChI=1S/C29H30N6O3/c1-17(2)35-15-22-13-21(11-12-25(22)32-35)23-7-6-8-24-26(23)30-16-34(29(24)38)19(4)27(36)31-18(3)28(37)33(5)14-20-9-10-20/h6-8,11-13,15-17,20H,3-4,9-10,14H2,1-2,5H3,(H,31,36). The topological polar surface area (TPSA) is 102 Å². The molecular weight excluding hydrogens is 480 g/mol. The minimum Gasteiger partial charge on any atom is -0.340 e. The number of hydrogen-bond donors (Lipinski definition) is 1. The third kappa shape index (κ3) is 4.74. The van der Waals surface area contributed by atoms with Gasteiger partial charge in [0.25, 0.3) is 17.4 Å². The van der Waals surface area contributed by atoms with Gasteiger partial charge in [-0.1, -0.05) is 31.4 Å². The first kappa shape index (κ1) is 25.1. The molecule has 2 aromatic heterocycles. The number of hydrogen-bond acceptors (Lipinski definition) is 5. The zero-order valence-electron chi connectivity index (χ0n) is 21.8. The molecule has 0 spiro atoms. The highest BCUT2D eigenvalue weighted by Gasteiger charge is 2.26. The van der Waals surface area contributed by atoms with Gasteiger partial charge in [-0.25, -0.2) is 4.98 Å². The van der Waals surface area contributed by atoms with E-state index in [9.17, 15) is 14.4 Å². The summed E-state index contributed by atoms with van der Waals surface area (Å²) in [4.78, 5) is 44.8. The third-order valence-corrected chi connectivity index (χ3v) is 6.80. The van der Waals surface area contributed by atoms with Gasteiger partial charge < -0.3 is 10.2 Å². The van der Waals surface area contributed by atoms with Crippen LogP contribution in [0, 0.1) is 5.92 Å². The van der Waals surface area contributed by atoms with Crippen LogP contribution in [0.15, 0.2) is 72.6 Å². The van der Waals surface area contributed by atoms with E-state index in [1.165, 1.54) is 6.33 Å². The van der Waals surface area contributed by atoms with Crippen molar-refractivity contribution < 1.29 is 9.59 Å². The lowest BCUT2D eigenvalue weighted by Crippen LogP contribution is -2.38. The quantitative estimate of drug-likeness (QED) is 0.362. The number of benzene rings is 2. The van der Waals surface area contributed by atoms with Crippen LogP contribution in [0.5, 0.6) is 0 Å². The van der Waals surface area contributed by atoms with E-state index in [-0.39, 0.29) is 23.3 Å². The summed E-state index contributed by atoms with van der Waals surface area (Å²) in [5.74, 6) is -0.563. The smallest absolute Gasteiger partial charge is 0.272 e. The van der Waals surface area contributed by atoms with E-state index in [1.807, 2.05) is 35.1 Å². The lowest BCUT2D eigenvalue weighted by Gasteiger charge is -2.19. The van der Waals surface area contributed by atoms with Gasteiger partial charge in [-0.15, -0.1) is 0 Å². The number of nitrogens with zero attached hydrogens (tertiary/aromatic N) is 5. The molecule has 2 amide bonds. The number of amides is 2. The van der Waals surface area contributed by atoms with Crippen molar-refractivity contribution in [3.63, 3.8) is 0 Å². The number of carbonyl (C=O) groups is 2. The molecule has 2 aromatic carbocycles. The molecule has 1 aliphatic rings. The molecule has 0 radical (unpaired) electrons. The van der Waals surface area contributed by atoms with Crippen LogP contribution in [0.2, 0.25) is 0 Å². The molecule has 1 saturated carbocycles. The van der Waals surface area contributed by atoms with Crippen molar-refractivity contribution in [2.24, 2.45) is 5.92 Å². The van der Waals surface area contributed by atoms with E-state index < -0.39 is 11.5 Å². The second-order valence-corrected chi connectivity index (χ2v) is 10.1. The number of likely N-dealkylation sites (N-methyl/N-ethyl adjacent to an activating group) is 1. The zero-order valence-corrected chi connectivity index (χ0v) is 21.8. The zero-order chi connectivity index (χ0) is 27.1. The summed E-state index contributed by atoms with van der Waals surface area (Å²) in [5, 5.41) is 8.40. The number of aromatic nitrogens is 4. The summed E-state index contributed by atoms with van der Waals surface area (Å²) in [6.45, 7) is 12.2. The Morgan fingerprint density at radius 1 is 1.18 bits per heavy atom. The molecular formula is C29H30N6O3. The van der Waals surface area contributed by atoms with Crippen molar-refractivity contribution in [3.8, 4) is 11.1 Å². The Morgan fingerprint density at radius 3 is 2.66 bits per heavy atom. The summed E-state index contributed by atoms with van der Waals surface area (Å²) >= 11 is 0. The molecule has 1 aliphatic carbocycles. The van der Waals surface area contributed by atoms with Crippen molar-refractivity contribution >= 4 is 39.3 Å². The van der Waals surface area contributed by atoms with Crippen LogP contribution in [0.1, 0.15) is 32.7 Å². The molecule has 4 aromatic rings. The Kier molecular flexibility index (Phi) is 6.44. The minimum atomic E-state index is -0.699. The van der Waals surface area contributed by atoms with Gasteiger partial charge in [0, 0.05) is 36.8 Å². The van der Waals surface area contributed by atoms with Crippen molar-refractivity contribution in [1.82, 2.24) is 29.5 Å². The van der Waals surface area contributed by atoms with Gasteiger partial charge in [0.15, 0.2) is 0 Å². The normalized spacial score (nSPS) is 13.2. The third-order valence-electron chi connectivity index (χ3n) is 6.80. The monoisotopic (exact) mass is 510 g/mol. The van der Waals surface area contributed by atoms with Crippen LogP contribution < -0.4 is 10.9 Å². The number of fused-ring (bicyclic) bond motifs is 2. The van der Waals surface area contributed by atoms with Crippen LogP contribution in [-0.2, 0) is 9.59 Å². The molecule has 0 saturated heterocycles. The van der Waals surface area contributed by atoms with Gasteiger partial charge in [-0.05, 0) is 56.4 Å². The van der Waals surface area contributed by atoms with E-state index in [4.69, 9.17) is 0 Å². The Hall–Kier alpha value is -4.53. The maximum atomic E-state index is 13.4. The molecule has 0 unspecified atom stereocenters. The first-order valence-electron chi connectivity index (χ1n) is 12.6. The molecule has 0 aliphatic heterocycles. The fourth-order valence-corrected chi connectivity index (χ4v) is 4.43. The number of nitrogens with one attached hydrogen (secondary N) is 1. The van der Waals surface area contributed by atoms with Crippen LogP contribution >= 0.6 is 0 Å². The van der Waals surface area contributed by atoms with Crippen LogP contribution in [0.4, 0.5) is 0 Å². The fourth-order valence-electron chi connectivity index (χ4n) is 4.43. The van der Waals surface area contributed by atoms with Gasteiger partial charge in [0.1, 0.15) is 12.0 Å². The summed E-state index contributed by atoms with van der Waals surface area (Å²) in [5.41, 5.74) is 2.43. The van der Waals surface area contributed by atoms with Crippen molar-refractivity contribution in [2.75, 3.05) is 13.6 Å². The lowest BCUT2D eigenvalue weighted by atomic mass is 10.0. The predicted molar refractivity (Wildman–Crippen MR) is 148 cm³/mol. The molecule has 1 N–H and O–H groups in total. The van der Waals surface area contributed by atoms with Crippen LogP contribution in [-0.4, -0.2) is 49.6 Å². The van der Waals surface area contributed by atoms with Gasteiger partial charge in [0.05, 0.1) is 22.1 Å². The largest absolute Gasteiger partial charge is 0.340 e. The molecule has 0 atom stereocenters. The molecule has 9 nitrogen and oxygen atoms in total. The van der Waals surface area contributed by atoms with E-state index in [0.717, 1.165) is 39.4 Å². The second-order valence-electron chi connectivity index (χ2n) is 10.1. The summed E-state index contributed by atoms with van der Waals surface area (Å²) in [6.07, 6.45) is 5.49. The maximum Gasteiger partial charge on any atom is 0.272 e. The van der Waals surface area contributed by atoms with Crippen molar-refractivity contribution in [3.05, 3.63) is 78.1 Å². The van der Waals surface area contributed by atoms with Crippen molar-refractivity contribution in [1.29, 1.82) is 0 Å². The van der Waals surface area contributed by atoms with Crippen LogP contribution in [0.25, 0.3) is 38.6 Å². The van der Waals surface area contributed by atoms with Crippen LogP contribution in [0.3, 0.4) is 0 Å². The molecule has 1 fully saturated rings. The van der Waals surface area contributed by atoms with Gasteiger partial charge in [0.2, 0.25) is 0 Å². The molecule has 9 heteroatoms. The molecule has 0 bridgehead atoms. The Morgan fingerprint density at radius 2 is 1.95 bits per heavy atom. The van der Waals surface area contributed by atoms with Gasteiger partial charge >= 0.3 is 0 Å². The molecule has 38 heavy (non-hydrogen) atoms. The highest BCUT2D eigenvalue weighted by atomic mass is 16.2. The average molecular weight is 511 g/mol. The van der Waals surface area contributed by atoms with E-state index >= 15 is 0 Å². The minimum absolute atomic E-state index is 0.0698. The first-order valence-corrected chi connectivity index (χ1v) is 12.6. The number of para-hydroxylation sites is 1. The first-order chi connectivity index (χ1) is 18.1. The lowest BCUT2D eigenvalue weighted by molar-refractivity contribution is -0.128. The highest BCUT2D eigenvalue weighted by Crippen LogP contribution is 2.30. The summed E-state index contributed by atoms with van der Waals surface area (Å²) in [6, 6.07) is 11.5. The number of carbonyl (C=O) groups excluding carboxylic acids is 2. The van der Waals surface area contributed by atoms with Gasteiger partial charge in [-0.3, -0.25) is 23.6 Å². The second kappa shape index (κ2) is 9.74. The molecule has 5 rings (SSSR count). The Bertz CT molecular complexity index is 1670. The summed E-state index contributed by atoms with van der Waals surface area (Å²) < 4.78 is 3.00. The van der Waals surface area contributed by atoms with E-state index in [2.05, 4.69) is 42.4 Å². The fraction of sp³-hybridized carbons (Fsp3) is 0.276. The van der Waals surface area contributed by atoms with E-state index in [1.54, 1.807) is 24.1 Å². The van der Waals surface area contributed by atoms with Gasteiger partial charge in [-0.2, -0.15) is 5.10 Å². The van der Waals surface area contributed by atoms with E-state index in [0.29, 0.717) is 23.4 Å². The number of rotatable bonds is 8. The maximum absolute atomic E-state index is 13.4. The van der Waals surface area contributed by atoms with Crippen molar-refractivity contribution in [2.45, 2.75) is 32.7 Å². The summed E-state index contributed by atoms with van der Waals surface area (Å²) in [7, 11) is 1.68.